The van der Waals surface area contributed by atoms with Crippen molar-refractivity contribution in [3.05, 3.63) is 34.9 Å². The number of aliphatic imine (C=N–C) groups is 1. The van der Waals surface area contributed by atoms with E-state index in [-0.39, 0.29) is 0 Å². The zero-order valence-corrected chi connectivity index (χ0v) is 9.59. The summed E-state index contributed by atoms with van der Waals surface area (Å²) >= 11 is 5.98. The number of halogens is 1. The second kappa shape index (κ2) is 6.30. The number of hydrogen-bond donors (Lipinski definition) is 2. The van der Waals surface area contributed by atoms with Crippen LogP contribution in [0.1, 0.15) is 18.9 Å². The molecule has 0 saturated heterocycles. The van der Waals surface area contributed by atoms with Crippen LogP contribution in [0.2, 0.25) is 5.02 Å². The summed E-state index contributed by atoms with van der Waals surface area (Å²) < 4.78 is 0. The Hall–Kier alpha value is -1.22. The van der Waals surface area contributed by atoms with E-state index < -0.39 is 0 Å². The molecule has 0 bridgehead atoms. The molecule has 82 valence electrons. The normalized spacial score (nSPS) is 11.5. The Labute approximate surface area is 95.3 Å². The molecule has 0 heterocycles. The highest BCUT2D eigenvalue weighted by molar-refractivity contribution is 6.31. The van der Waals surface area contributed by atoms with Gasteiger partial charge in [-0.3, -0.25) is 0 Å². The minimum absolute atomic E-state index is 0.469. The maximum atomic E-state index is 5.98. The fraction of sp³-hybridized carbons (Fsp3) is 0.364. The van der Waals surface area contributed by atoms with Crippen molar-refractivity contribution in [2.45, 2.75) is 19.9 Å². The number of nitrogens with two attached hydrogens (primary N) is 1. The third-order valence-electron chi connectivity index (χ3n) is 1.93. The lowest BCUT2D eigenvalue weighted by Gasteiger charge is -2.04. The lowest BCUT2D eigenvalue weighted by molar-refractivity contribution is 0.825. The van der Waals surface area contributed by atoms with Gasteiger partial charge in [0.2, 0.25) is 0 Å². The second-order valence-corrected chi connectivity index (χ2v) is 3.63. The summed E-state index contributed by atoms with van der Waals surface area (Å²) in [7, 11) is 0. The van der Waals surface area contributed by atoms with Crippen LogP contribution in [-0.2, 0) is 6.54 Å². The van der Waals surface area contributed by atoms with Crippen molar-refractivity contribution in [1.29, 1.82) is 0 Å². The van der Waals surface area contributed by atoms with E-state index in [0.717, 1.165) is 23.6 Å². The highest BCUT2D eigenvalue weighted by atomic mass is 35.5. The van der Waals surface area contributed by atoms with Gasteiger partial charge in [-0.2, -0.15) is 0 Å². The van der Waals surface area contributed by atoms with Gasteiger partial charge in [-0.15, -0.1) is 0 Å². The van der Waals surface area contributed by atoms with Crippen LogP contribution < -0.4 is 11.1 Å². The number of hydrogen-bond acceptors (Lipinski definition) is 1. The van der Waals surface area contributed by atoms with Crippen LogP contribution in [-0.4, -0.2) is 12.5 Å². The first-order chi connectivity index (χ1) is 7.24. The SMILES string of the molecule is CCCNC(N)=NCc1ccccc1Cl. The highest BCUT2D eigenvalue weighted by Crippen LogP contribution is 2.15. The standard InChI is InChI=1S/C11H16ClN3/c1-2-7-14-11(13)15-8-9-5-3-4-6-10(9)12/h3-6H,2,7-8H2,1H3,(H3,13,14,15). The predicted molar refractivity (Wildman–Crippen MR) is 65.1 cm³/mol. The molecule has 0 spiro atoms. The Kier molecular flexibility index (Phi) is 4.98. The number of nitrogens with one attached hydrogen (secondary N) is 1. The molecule has 4 heteroatoms. The Morgan fingerprint density at radius 2 is 2.20 bits per heavy atom. The van der Waals surface area contributed by atoms with Gasteiger partial charge in [0, 0.05) is 11.6 Å². The first kappa shape index (κ1) is 11.9. The molecule has 3 nitrogen and oxygen atoms in total. The van der Waals surface area contributed by atoms with Gasteiger partial charge in [-0.25, -0.2) is 4.99 Å². The number of nitrogens with zero attached hydrogens (tertiary/aromatic N) is 1. The average molecular weight is 226 g/mol. The molecule has 15 heavy (non-hydrogen) atoms. The smallest absolute Gasteiger partial charge is 0.188 e. The van der Waals surface area contributed by atoms with Crippen LogP contribution in [0.3, 0.4) is 0 Å². The Morgan fingerprint density at radius 3 is 2.87 bits per heavy atom. The van der Waals surface area contributed by atoms with Gasteiger partial charge in [-0.05, 0) is 18.1 Å². The maximum absolute atomic E-state index is 5.98. The zero-order chi connectivity index (χ0) is 11.1. The number of guanidine groups is 1. The van der Waals surface area contributed by atoms with Crippen LogP contribution in [0.15, 0.2) is 29.3 Å². The summed E-state index contributed by atoms with van der Waals surface area (Å²) in [4.78, 5) is 4.19. The molecule has 0 amide bonds. The van der Waals surface area contributed by atoms with Crippen molar-refractivity contribution >= 4 is 17.6 Å². The highest BCUT2D eigenvalue weighted by Gasteiger charge is 1.97. The minimum atomic E-state index is 0.469. The van der Waals surface area contributed by atoms with Crippen LogP contribution in [0.25, 0.3) is 0 Å². The Morgan fingerprint density at radius 1 is 1.47 bits per heavy atom. The molecule has 1 aromatic rings. The van der Waals surface area contributed by atoms with Gasteiger partial charge in [-0.1, -0.05) is 36.7 Å². The molecular formula is C11H16ClN3. The lowest BCUT2D eigenvalue weighted by Crippen LogP contribution is -2.32. The molecule has 0 aromatic heterocycles. The van der Waals surface area contributed by atoms with E-state index in [0.29, 0.717) is 12.5 Å². The molecule has 3 N–H and O–H groups in total. The van der Waals surface area contributed by atoms with Crippen LogP contribution in [0, 0.1) is 0 Å². The zero-order valence-electron chi connectivity index (χ0n) is 8.83. The molecule has 0 fully saturated rings. The van der Waals surface area contributed by atoms with Crippen LogP contribution in [0.4, 0.5) is 0 Å². The first-order valence-corrected chi connectivity index (χ1v) is 5.39. The summed E-state index contributed by atoms with van der Waals surface area (Å²) in [5.74, 6) is 0.469. The van der Waals surface area contributed by atoms with Gasteiger partial charge in [0.1, 0.15) is 0 Å². The van der Waals surface area contributed by atoms with Crippen molar-refractivity contribution in [3.63, 3.8) is 0 Å². The van der Waals surface area contributed by atoms with Gasteiger partial charge < -0.3 is 11.1 Å². The van der Waals surface area contributed by atoms with E-state index in [9.17, 15) is 0 Å². The van der Waals surface area contributed by atoms with E-state index in [4.69, 9.17) is 17.3 Å². The molecule has 0 aliphatic rings. The topological polar surface area (TPSA) is 50.4 Å². The van der Waals surface area contributed by atoms with E-state index in [2.05, 4.69) is 17.2 Å². The third kappa shape index (κ3) is 4.21. The lowest BCUT2D eigenvalue weighted by atomic mass is 10.2. The molecule has 1 aromatic carbocycles. The predicted octanol–water partition coefficient (Wildman–Crippen LogP) is 2.15. The monoisotopic (exact) mass is 225 g/mol. The maximum Gasteiger partial charge on any atom is 0.188 e. The van der Waals surface area contributed by atoms with Crippen molar-refractivity contribution < 1.29 is 0 Å². The third-order valence-corrected chi connectivity index (χ3v) is 2.30. The molecular weight excluding hydrogens is 210 g/mol. The quantitative estimate of drug-likeness (QED) is 0.610. The second-order valence-electron chi connectivity index (χ2n) is 3.22. The van der Waals surface area contributed by atoms with E-state index in [1.54, 1.807) is 0 Å². The van der Waals surface area contributed by atoms with Crippen molar-refractivity contribution in [1.82, 2.24) is 5.32 Å². The summed E-state index contributed by atoms with van der Waals surface area (Å²) in [6.07, 6.45) is 1.03. The first-order valence-electron chi connectivity index (χ1n) is 5.01. The molecule has 0 radical (unpaired) electrons. The molecule has 0 aliphatic carbocycles. The average Bonchev–Trinajstić information content (AvgIpc) is 2.25. The fourth-order valence-corrected chi connectivity index (χ4v) is 1.30. The van der Waals surface area contributed by atoms with Gasteiger partial charge >= 0.3 is 0 Å². The molecule has 0 saturated carbocycles. The van der Waals surface area contributed by atoms with Crippen molar-refractivity contribution in [2.75, 3.05) is 6.54 Å². The number of benzene rings is 1. The largest absolute Gasteiger partial charge is 0.370 e. The van der Waals surface area contributed by atoms with Gasteiger partial charge in [0.05, 0.1) is 6.54 Å². The summed E-state index contributed by atoms with van der Waals surface area (Å²) in [6, 6.07) is 7.63. The minimum Gasteiger partial charge on any atom is -0.370 e. The van der Waals surface area contributed by atoms with Crippen molar-refractivity contribution in [3.8, 4) is 0 Å². The summed E-state index contributed by atoms with van der Waals surface area (Å²) in [6.45, 7) is 3.44. The Balaban J connectivity index is 2.52. The summed E-state index contributed by atoms with van der Waals surface area (Å²) in [5.41, 5.74) is 6.64. The van der Waals surface area contributed by atoms with Crippen LogP contribution >= 0.6 is 11.6 Å². The van der Waals surface area contributed by atoms with Crippen LogP contribution in [0.5, 0.6) is 0 Å². The van der Waals surface area contributed by atoms with E-state index in [1.807, 2.05) is 24.3 Å². The molecule has 0 atom stereocenters. The van der Waals surface area contributed by atoms with Gasteiger partial charge in [0.15, 0.2) is 5.96 Å². The van der Waals surface area contributed by atoms with Crippen molar-refractivity contribution in [2.24, 2.45) is 10.7 Å². The van der Waals surface area contributed by atoms with E-state index >= 15 is 0 Å². The number of rotatable bonds is 4. The molecule has 0 aliphatic heterocycles. The summed E-state index contributed by atoms with van der Waals surface area (Å²) in [5, 5.41) is 3.73. The molecule has 0 unspecified atom stereocenters. The fourth-order valence-electron chi connectivity index (χ4n) is 1.11. The molecule has 1 rings (SSSR count). The van der Waals surface area contributed by atoms with Gasteiger partial charge in [0.25, 0.3) is 0 Å². The van der Waals surface area contributed by atoms with E-state index in [1.165, 1.54) is 0 Å². The Bertz CT molecular complexity index is 336.